The number of hydrogen-bond donors (Lipinski definition) is 1. The van der Waals surface area contributed by atoms with Crippen LogP contribution in [0, 0.1) is 12.7 Å². The van der Waals surface area contributed by atoms with Crippen LogP contribution in [0.3, 0.4) is 0 Å². The summed E-state index contributed by atoms with van der Waals surface area (Å²) in [6, 6.07) is 11.2. The van der Waals surface area contributed by atoms with E-state index in [-0.39, 0.29) is 11.6 Å². The molecule has 3 heteroatoms. The van der Waals surface area contributed by atoms with Crippen molar-refractivity contribution in [3.05, 3.63) is 59.4 Å². The lowest BCUT2D eigenvalue weighted by molar-refractivity contribution is 0.474. The Bertz CT molecular complexity index is 564. The SMILES string of the molecule is Cc1ccc(O)c(C=Nc2cccc(F)c2)c1. The van der Waals surface area contributed by atoms with Crippen molar-refractivity contribution in [2.45, 2.75) is 6.92 Å². The molecule has 17 heavy (non-hydrogen) atoms. The van der Waals surface area contributed by atoms with E-state index in [0.717, 1.165) is 5.56 Å². The number of aromatic hydroxyl groups is 1. The summed E-state index contributed by atoms with van der Waals surface area (Å²) in [4.78, 5) is 4.11. The molecule has 0 aliphatic heterocycles. The van der Waals surface area contributed by atoms with Crippen molar-refractivity contribution >= 4 is 11.9 Å². The number of halogens is 1. The Morgan fingerprint density at radius 2 is 2.00 bits per heavy atom. The average molecular weight is 229 g/mol. The van der Waals surface area contributed by atoms with Gasteiger partial charge in [-0.3, -0.25) is 4.99 Å². The molecule has 0 atom stereocenters. The Kier molecular flexibility index (Phi) is 3.19. The molecule has 0 bridgehead atoms. The van der Waals surface area contributed by atoms with Gasteiger partial charge in [0.2, 0.25) is 0 Å². The van der Waals surface area contributed by atoms with Crippen molar-refractivity contribution in [3.63, 3.8) is 0 Å². The molecule has 2 aromatic carbocycles. The number of nitrogens with zero attached hydrogens (tertiary/aromatic N) is 1. The molecule has 0 aliphatic rings. The highest BCUT2D eigenvalue weighted by molar-refractivity contribution is 5.85. The maximum absolute atomic E-state index is 12.9. The first-order chi connectivity index (χ1) is 8.15. The predicted molar refractivity (Wildman–Crippen MR) is 66.5 cm³/mol. The molecule has 0 aliphatic carbocycles. The van der Waals surface area contributed by atoms with Crippen molar-refractivity contribution in [2.24, 2.45) is 4.99 Å². The van der Waals surface area contributed by atoms with Gasteiger partial charge < -0.3 is 5.11 Å². The first-order valence-electron chi connectivity index (χ1n) is 5.24. The third-order valence-electron chi connectivity index (χ3n) is 2.34. The smallest absolute Gasteiger partial charge is 0.125 e. The van der Waals surface area contributed by atoms with Crippen molar-refractivity contribution in [1.82, 2.24) is 0 Å². The molecule has 0 saturated carbocycles. The molecular formula is C14H12FNO. The number of aryl methyl sites for hydroxylation is 1. The molecule has 0 heterocycles. The number of phenolic OH excluding ortho intramolecular Hbond substituents is 1. The summed E-state index contributed by atoms with van der Waals surface area (Å²) < 4.78 is 12.9. The van der Waals surface area contributed by atoms with Crippen molar-refractivity contribution < 1.29 is 9.50 Å². The summed E-state index contributed by atoms with van der Waals surface area (Å²) in [5.41, 5.74) is 2.17. The highest BCUT2D eigenvalue weighted by Crippen LogP contribution is 2.18. The van der Waals surface area contributed by atoms with E-state index in [2.05, 4.69) is 4.99 Å². The van der Waals surface area contributed by atoms with Crippen molar-refractivity contribution in [2.75, 3.05) is 0 Å². The second-order valence-corrected chi connectivity index (χ2v) is 3.80. The third-order valence-corrected chi connectivity index (χ3v) is 2.34. The van der Waals surface area contributed by atoms with E-state index in [0.29, 0.717) is 11.3 Å². The predicted octanol–water partition coefficient (Wildman–Crippen LogP) is 3.59. The number of benzene rings is 2. The van der Waals surface area contributed by atoms with Crippen LogP contribution in [0.25, 0.3) is 0 Å². The number of phenols is 1. The lowest BCUT2D eigenvalue weighted by Gasteiger charge is -2.00. The molecule has 0 saturated heterocycles. The van der Waals surface area contributed by atoms with E-state index in [4.69, 9.17) is 0 Å². The van der Waals surface area contributed by atoms with E-state index < -0.39 is 0 Å². The fraction of sp³-hybridized carbons (Fsp3) is 0.0714. The van der Waals surface area contributed by atoms with Gasteiger partial charge in [0.05, 0.1) is 5.69 Å². The van der Waals surface area contributed by atoms with Gasteiger partial charge in [-0.25, -0.2) is 4.39 Å². The Morgan fingerprint density at radius 3 is 2.76 bits per heavy atom. The maximum atomic E-state index is 12.9. The van der Waals surface area contributed by atoms with Gasteiger partial charge in [-0.05, 0) is 37.3 Å². The maximum Gasteiger partial charge on any atom is 0.125 e. The summed E-state index contributed by atoms with van der Waals surface area (Å²) in [5, 5.41) is 9.60. The van der Waals surface area contributed by atoms with Crippen LogP contribution in [0.2, 0.25) is 0 Å². The zero-order chi connectivity index (χ0) is 12.3. The van der Waals surface area contributed by atoms with Crippen LogP contribution in [-0.2, 0) is 0 Å². The summed E-state index contributed by atoms with van der Waals surface area (Å²) >= 11 is 0. The Labute approximate surface area is 99.1 Å². The Balaban J connectivity index is 2.29. The minimum atomic E-state index is -0.326. The summed E-state index contributed by atoms with van der Waals surface area (Å²) in [5.74, 6) is -0.163. The second-order valence-electron chi connectivity index (χ2n) is 3.80. The van der Waals surface area contributed by atoms with Crippen molar-refractivity contribution in [3.8, 4) is 5.75 Å². The van der Waals surface area contributed by atoms with E-state index in [1.165, 1.54) is 18.3 Å². The molecule has 0 aromatic heterocycles. The molecule has 2 aromatic rings. The van der Waals surface area contributed by atoms with Crippen LogP contribution in [-0.4, -0.2) is 11.3 Å². The largest absolute Gasteiger partial charge is 0.507 e. The minimum Gasteiger partial charge on any atom is -0.507 e. The molecule has 0 fully saturated rings. The summed E-state index contributed by atoms with van der Waals surface area (Å²) in [7, 11) is 0. The molecule has 0 unspecified atom stereocenters. The van der Waals surface area contributed by atoms with Crippen LogP contribution in [0.5, 0.6) is 5.75 Å². The highest BCUT2D eigenvalue weighted by atomic mass is 19.1. The van der Waals surface area contributed by atoms with Gasteiger partial charge in [0.25, 0.3) is 0 Å². The third kappa shape index (κ3) is 2.91. The number of hydrogen-bond acceptors (Lipinski definition) is 2. The fourth-order valence-corrected chi connectivity index (χ4v) is 1.48. The molecule has 0 radical (unpaired) electrons. The molecule has 2 nitrogen and oxygen atoms in total. The van der Waals surface area contributed by atoms with Gasteiger partial charge in [-0.1, -0.05) is 17.7 Å². The van der Waals surface area contributed by atoms with Gasteiger partial charge in [-0.2, -0.15) is 0 Å². The van der Waals surface area contributed by atoms with Crippen LogP contribution in [0.1, 0.15) is 11.1 Å². The minimum absolute atomic E-state index is 0.163. The van der Waals surface area contributed by atoms with E-state index in [9.17, 15) is 9.50 Å². The zero-order valence-electron chi connectivity index (χ0n) is 9.39. The van der Waals surface area contributed by atoms with Crippen LogP contribution < -0.4 is 0 Å². The van der Waals surface area contributed by atoms with E-state index >= 15 is 0 Å². The summed E-state index contributed by atoms with van der Waals surface area (Å²) in [6.07, 6.45) is 1.52. The van der Waals surface area contributed by atoms with Crippen LogP contribution in [0.4, 0.5) is 10.1 Å². The van der Waals surface area contributed by atoms with Crippen LogP contribution >= 0.6 is 0 Å². The second kappa shape index (κ2) is 4.78. The monoisotopic (exact) mass is 229 g/mol. The number of aliphatic imine (C=N–C) groups is 1. The highest BCUT2D eigenvalue weighted by Gasteiger charge is 1.98. The van der Waals surface area contributed by atoms with E-state index in [1.807, 2.05) is 19.1 Å². The molecule has 0 spiro atoms. The standard InChI is InChI=1S/C14H12FNO/c1-10-5-6-14(17)11(7-10)9-16-13-4-2-3-12(15)8-13/h2-9,17H,1H3. The topological polar surface area (TPSA) is 32.6 Å². The van der Waals surface area contributed by atoms with E-state index in [1.54, 1.807) is 18.2 Å². The lowest BCUT2D eigenvalue weighted by atomic mass is 10.1. The van der Waals surface area contributed by atoms with Gasteiger partial charge in [0, 0.05) is 11.8 Å². The zero-order valence-corrected chi connectivity index (χ0v) is 9.39. The molecule has 1 N–H and O–H groups in total. The average Bonchev–Trinajstić information content (AvgIpc) is 2.30. The Morgan fingerprint density at radius 1 is 1.18 bits per heavy atom. The molecule has 86 valence electrons. The number of rotatable bonds is 2. The Hall–Kier alpha value is -2.16. The van der Waals surface area contributed by atoms with Gasteiger partial charge in [0.15, 0.2) is 0 Å². The first kappa shape index (κ1) is 11.3. The lowest BCUT2D eigenvalue weighted by Crippen LogP contribution is -1.84. The first-order valence-corrected chi connectivity index (χ1v) is 5.24. The summed E-state index contributed by atoms with van der Waals surface area (Å²) in [6.45, 7) is 1.93. The quantitative estimate of drug-likeness (QED) is 0.784. The van der Waals surface area contributed by atoms with Gasteiger partial charge >= 0.3 is 0 Å². The van der Waals surface area contributed by atoms with Crippen LogP contribution in [0.15, 0.2) is 47.5 Å². The fourth-order valence-electron chi connectivity index (χ4n) is 1.48. The van der Waals surface area contributed by atoms with Gasteiger partial charge in [-0.15, -0.1) is 0 Å². The molecule has 2 rings (SSSR count). The van der Waals surface area contributed by atoms with Gasteiger partial charge in [0.1, 0.15) is 11.6 Å². The molecular weight excluding hydrogens is 217 g/mol. The normalized spacial score (nSPS) is 10.9. The molecule has 0 amide bonds. The van der Waals surface area contributed by atoms with Crippen molar-refractivity contribution in [1.29, 1.82) is 0 Å².